The Morgan fingerprint density at radius 3 is 1.10 bits per heavy atom. The van der Waals surface area contributed by atoms with Crippen LogP contribution in [0.5, 0.6) is 0 Å². The topological polar surface area (TPSA) is 168 Å². The predicted molar refractivity (Wildman–Crippen MR) is 218 cm³/mol. The molecular formula is C43H71N3O12. The largest absolute Gasteiger partial charge is 0.461 e. The molecule has 0 aliphatic heterocycles. The normalized spacial score (nSPS) is 13.2. The summed E-state index contributed by atoms with van der Waals surface area (Å²) < 4.78 is 33.7. The number of benzene rings is 1. The lowest BCUT2D eigenvalue weighted by Crippen LogP contribution is -2.52. The zero-order valence-electron chi connectivity index (χ0n) is 37.8. The van der Waals surface area contributed by atoms with E-state index in [-0.39, 0.29) is 59.0 Å². The third kappa shape index (κ3) is 26.0. The second-order valence-electron chi connectivity index (χ2n) is 19.2. The van der Waals surface area contributed by atoms with Crippen LogP contribution in [0.1, 0.15) is 116 Å². The molecule has 58 heavy (non-hydrogen) atoms. The van der Waals surface area contributed by atoms with Gasteiger partial charge in [0.25, 0.3) is 0 Å². The van der Waals surface area contributed by atoms with Crippen molar-refractivity contribution in [2.75, 3.05) is 52.4 Å². The van der Waals surface area contributed by atoms with Gasteiger partial charge < -0.3 is 28.4 Å². The standard InChI is InChI=1S/C43H71N3O12/c1-39(2,3)54-34(48)26-44(27-35(49)55-40(4,5)6)21-23-46(24-22-45(28-36(50)56-41(7,8)9)29-37(51)57-42(10,11)12)32(38(52)58-43(13,14)15)25-33(47)53-30-31-19-17-16-18-20-31/h16-20,32H,21-30H2,1-15H3/t32-/m0/s1. The highest BCUT2D eigenvalue weighted by Crippen LogP contribution is 2.18. The van der Waals surface area contributed by atoms with Crippen LogP contribution in [-0.4, -0.2) is 137 Å². The van der Waals surface area contributed by atoms with Gasteiger partial charge in [-0.25, -0.2) is 0 Å². The highest BCUT2D eigenvalue weighted by molar-refractivity contribution is 5.83. The van der Waals surface area contributed by atoms with E-state index in [1.165, 1.54) is 9.80 Å². The molecule has 0 aromatic heterocycles. The minimum atomic E-state index is -1.22. The first-order valence-corrected chi connectivity index (χ1v) is 19.8. The third-order valence-electron chi connectivity index (χ3n) is 7.22. The molecule has 0 radical (unpaired) electrons. The molecule has 0 fully saturated rings. The van der Waals surface area contributed by atoms with Crippen molar-refractivity contribution in [2.45, 2.75) is 151 Å². The van der Waals surface area contributed by atoms with Crippen molar-refractivity contribution in [1.82, 2.24) is 14.7 Å². The van der Waals surface area contributed by atoms with Crippen molar-refractivity contribution in [1.29, 1.82) is 0 Å². The highest BCUT2D eigenvalue weighted by Gasteiger charge is 2.35. The fourth-order valence-corrected chi connectivity index (χ4v) is 5.30. The maximum absolute atomic E-state index is 14.0. The molecule has 330 valence electrons. The summed E-state index contributed by atoms with van der Waals surface area (Å²) in [6.07, 6.45) is -0.419. The van der Waals surface area contributed by atoms with E-state index in [1.54, 1.807) is 121 Å². The molecule has 15 heteroatoms. The molecule has 0 N–H and O–H groups in total. The summed E-state index contributed by atoms with van der Waals surface area (Å²) in [5.41, 5.74) is -3.37. The number of ether oxygens (including phenoxy) is 6. The zero-order chi connectivity index (χ0) is 44.7. The lowest BCUT2D eigenvalue weighted by atomic mass is 10.1. The minimum Gasteiger partial charge on any atom is -0.461 e. The summed E-state index contributed by atoms with van der Waals surface area (Å²) in [5, 5.41) is 0. The average Bonchev–Trinajstić information content (AvgIpc) is 2.98. The van der Waals surface area contributed by atoms with Crippen molar-refractivity contribution in [2.24, 2.45) is 0 Å². The highest BCUT2D eigenvalue weighted by atomic mass is 16.6. The van der Waals surface area contributed by atoms with Gasteiger partial charge in [-0.15, -0.1) is 0 Å². The Morgan fingerprint density at radius 2 is 0.793 bits per heavy atom. The van der Waals surface area contributed by atoms with Crippen LogP contribution in [-0.2, 0) is 63.8 Å². The van der Waals surface area contributed by atoms with Gasteiger partial charge >= 0.3 is 35.8 Å². The fourth-order valence-electron chi connectivity index (χ4n) is 5.30. The molecule has 1 rings (SSSR count). The number of rotatable bonds is 20. The molecule has 0 amide bonds. The van der Waals surface area contributed by atoms with Crippen LogP contribution in [0.25, 0.3) is 0 Å². The van der Waals surface area contributed by atoms with E-state index in [9.17, 15) is 28.8 Å². The van der Waals surface area contributed by atoms with E-state index >= 15 is 0 Å². The van der Waals surface area contributed by atoms with E-state index in [0.717, 1.165) is 5.56 Å². The van der Waals surface area contributed by atoms with Crippen molar-refractivity contribution in [3.8, 4) is 0 Å². The second kappa shape index (κ2) is 22.3. The molecule has 0 unspecified atom stereocenters. The van der Waals surface area contributed by atoms with E-state index in [0.29, 0.717) is 0 Å². The number of hydrogen-bond donors (Lipinski definition) is 0. The van der Waals surface area contributed by atoms with E-state index in [1.807, 2.05) is 18.2 Å². The van der Waals surface area contributed by atoms with Gasteiger partial charge in [0.15, 0.2) is 0 Å². The maximum atomic E-state index is 14.0. The van der Waals surface area contributed by atoms with E-state index < -0.39 is 76.3 Å². The minimum absolute atomic E-state index is 0.00812. The Kier molecular flexibility index (Phi) is 20.0. The van der Waals surface area contributed by atoms with Crippen LogP contribution in [0.15, 0.2) is 30.3 Å². The first kappa shape index (κ1) is 51.9. The Morgan fingerprint density at radius 1 is 0.466 bits per heavy atom. The number of nitrogens with zero attached hydrogens (tertiary/aromatic N) is 3. The molecule has 0 bridgehead atoms. The molecule has 0 heterocycles. The number of hydrogen-bond acceptors (Lipinski definition) is 15. The summed E-state index contributed by atoms with van der Waals surface area (Å²) in [6.45, 7) is 24.7. The van der Waals surface area contributed by atoms with Gasteiger partial charge in [0.05, 0.1) is 32.6 Å². The number of carbonyl (C=O) groups excluding carboxylic acids is 6. The predicted octanol–water partition coefficient (Wildman–Crippen LogP) is 5.10. The summed E-state index contributed by atoms with van der Waals surface area (Å²) in [5.74, 6) is -3.74. The van der Waals surface area contributed by atoms with Gasteiger partial charge in [-0.1, -0.05) is 30.3 Å². The van der Waals surface area contributed by atoms with E-state index in [2.05, 4.69) is 0 Å². The lowest BCUT2D eigenvalue weighted by Gasteiger charge is -2.35. The third-order valence-corrected chi connectivity index (χ3v) is 7.22. The number of esters is 6. The van der Waals surface area contributed by atoms with Gasteiger partial charge in [0.2, 0.25) is 0 Å². The van der Waals surface area contributed by atoms with Crippen LogP contribution in [0.2, 0.25) is 0 Å². The summed E-state index contributed by atoms with van der Waals surface area (Å²) in [4.78, 5) is 84.5. The molecule has 1 aromatic rings. The van der Waals surface area contributed by atoms with Gasteiger partial charge in [-0.2, -0.15) is 0 Å². The first-order chi connectivity index (χ1) is 26.3. The molecule has 1 atom stereocenters. The van der Waals surface area contributed by atoms with Crippen molar-refractivity contribution >= 4 is 35.8 Å². The van der Waals surface area contributed by atoms with Gasteiger partial charge in [0, 0.05) is 26.2 Å². The number of carbonyl (C=O) groups is 6. The van der Waals surface area contributed by atoms with Gasteiger partial charge in [-0.05, 0) is 109 Å². The van der Waals surface area contributed by atoms with Crippen LogP contribution in [0.3, 0.4) is 0 Å². The molecule has 0 spiro atoms. The van der Waals surface area contributed by atoms with Crippen LogP contribution in [0, 0.1) is 0 Å². The molecular weight excluding hydrogens is 750 g/mol. The SMILES string of the molecule is CC(C)(C)OC(=O)CN(CCN(CCN(CC(=O)OC(C)(C)C)CC(=O)OC(C)(C)C)[C@@H](CC(=O)OCc1ccccc1)C(=O)OC(C)(C)C)CC(=O)OC(C)(C)C. The zero-order valence-corrected chi connectivity index (χ0v) is 37.8. The maximum Gasteiger partial charge on any atom is 0.324 e. The van der Waals surface area contributed by atoms with Crippen LogP contribution >= 0.6 is 0 Å². The van der Waals surface area contributed by atoms with Gasteiger partial charge in [0.1, 0.15) is 40.7 Å². The summed E-state index contributed by atoms with van der Waals surface area (Å²) >= 11 is 0. The first-order valence-electron chi connectivity index (χ1n) is 19.8. The lowest BCUT2D eigenvalue weighted by molar-refractivity contribution is -0.167. The van der Waals surface area contributed by atoms with Crippen LogP contribution in [0.4, 0.5) is 0 Å². The molecule has 0 saturated carbocycles. The molecule has 0 aliphatic carbocycles. The van der Waals surface area contributed by atoms with Crippen molar-refractivity contribution in [3.63, 3.8) is 0 Å². The molecule has 1 aromatic carbocycles. The molecule has 0 saturated heterocycles. The Hall–Kier alpha value is -4.08. The van der Waals surface area contributed by atoms with Crippen LogP contribution < -0.4 is 0 Å². The Balaban J connectivity index is 3.67. The Bertz CT molecular complexity index is 1370. The average molecular weight is 822 g/mol. The molecule has 0 aliphatic rings. The molecule has 15 nitrogen and oxygen atoms in total. The summed E-state index contributed by atoms with van der Waals surface area (Å²) in [6, 6.07) is 7.85. The van der Waals surface area contributed by atoms with Gasteiger partial charge in [-0.3, -0.25) is 43.5 Å². The summed E-state index contributed by atoms with van der Waals surface area (Å²) in [7, 11) is 0. The van der Waals surface area contributed by atoms with E-state index in [4.69, 9.17) is 28.4 Å². The quantitative estimate of drug-likeness (QED) is 0.126. The van der Waals surface area contributed by atoms with Crippen molar-refractivity contribution < 1.29 is 57.2 Å². The monoisotopic (exact) mass is 822 g/mol. The Labute approximate surface area is 346 Å². The second-order valence-corrected chi connectivity index (χ2v) is 19.2. The smallest absolute Gasteiger partial charge is 0.324 e. The fraction of sp³-hybridized carbons (Fsp3) is 0.721. The van der Waals surface area contributed by atoms with Crippen molar-refractivity contribution in [3.05, 3.63) is 35.9 Å².